The number of β-amino-alcohol motifs (C(OH)–C–C–N with tert-alkyl or cyclic N) is 1. The summed E-state index contributed by atoms with van der Waals surface area (Å²) in [5, 5.41) is 10.9. The molecule has 0 radical (unpaired) electrons. The number of carbonyl (C=O) groups excluding carboxylic acids is 1. The molecule has 0 spiro atoms. The van der Waals surface area contributed by atoms with Gasteiger partial charge in [0.1, 0.15) is 11.3 Å². The topological polar surface area (TPSA) is 45.5 Å². The number of carbonyl (C=O) groups is 1. The lowest BCUT2D eigenvalue weighted by Gasteiger charge is -2.25. The number of amides is 1. The zero-order valence-corrected chi connectivity index (χ0v) is 13.7. The molecular formula is C18H20F2N2O2. The van der Waals surface area contributed by atoms with Crippen LogP contribution < -0.4 is 0 Å². The molecule has 128 valence electrons. The zero-order chi connectivity index (χ0) is 17.5. The van der Waals surface area contributed by atoms with Crippen molar-refractivity contribution in [3.8, 4) is 0 Å². The number of benzene rings is 1. The van der Waals surface area contributed by atoms with E-state index in [4.69, 9.17) is 0 Å². The molecule has 1 fully saturated rings. The fourth-order valence-corrected chi connectivity index (χ4v) is 3.43. The van der Waals surface area contributed by atoms with Crippen LogP contribution in [-0.4, -0.2) is 33.6 Å². The van der Waals surface area contributed by atoms with Gasteiger partial charge in [0.2, 0.25) is 0 Å². The van der Waals surface area contributed by atoms with Gasteiger partial charge in [-0.25, -0.2) is 0 Å². The number of likely N-dealkylation sites (tertiary alicyclic amines) is 1. The Balaban J connectivity index is 1.86. The van der Waals surface area contributed by atoms with Crippen molar-refractivity contribution in [2.24, 2.45) is 0 Å². The number of alkyl halides is 2. The molecular weight excluding hydrogens is 314 g/mol. The number of hydrogen-bond acceptors (Lipinski definition) is 2. The van der Waals surface area contributed by atoms with Gasteiger partial charge in [-0.05, 0) is 43.5 Å². The van der Waals surface area contributed by atoms with Gasteiger partial charge in [-0.2, -0.15) is 8.78 Å². The van der Waals surface area contributed by atoms with Crippen molar-refractivity contribution < 1.29 is 18.7 Å². The molecule has 0 bridgehead atoms. The van der Waals surface area contributed by atoms with Gasteiger partial charge in [-0.1, -0.05) is 24.3 Å². The largest absolute Gasteiger partial charge is 0.383 e. The molecule has 1 aliphatic heterocycles. The molecule has 1 aliphatic rings. The van der Waals surface area contributed by atoms with Crippen molar-refractivity contribution in [1.29, 1.82) is 0 Å². The number of halogens is 2. The van der Waals surface area contributed by atoms with Gasteiger partial charge in [-0.3, -0.25) is 9.36 Å². The smallest absolute Gasteiger partial charge is 0.319 e. The molecule has 4 nitrogen and oxygen atoms in total. The molecule has 3 rings (SSSR count). The third-order valence-corrected chi connectivity index (χ3v) is 4.72. The molecule has 1 saturated heterocycles. The van der Waals surface area contributed by atoms with Crippen molar-refractivity contribution in [3.05, 3.63) is 58.9 Å². The Bertz CT molecular complexity index is 772. The summed E-state index contributed by atoms with van der Waals surface area (Å²) in [5.41, 5.74) is 0.873. The summed E-state index contributed by atoms with van der Waals surface area (Å²) in [7, 11) is 0. The highest BCUT2D eigenvalue weighted by Gasteiger charge is 2.41. The van der Waals surface area contributed by atoms with Gasteiger partial charge in [0.05, 0.1) is 6.54 Å². The summed E-state index contributed by atoms with van der Waals surface area (Å²) in [5.74, 6) is -0.479. The van der Waals surface area contributed by atoms with Crippen LogP contribution in [0.15, 0.2) is 36.4 Å². The maximum Gasteiger partial charge on any atom is 0.319 e. The lowest BCUT2D eigenvalue weighted by molar-refractivity contribution is 0.0382. The van der Waals surface area contributed by atoms with E-state index in [1.807, 2.05) is 31.2 Å². The third kappa shape index (κ3) is 2.71. The van der Waals surface area contributed by atoms with Crippen molar-refractivity contribution in [3.63, 3.8) is 0 Å². The first-order valence-electron chi connectivity index (χ1n) is 7.87. The highest BCUT2D eigenvalue weighted by Crippen LogP contribution is 2.34. The Morgan fingerprint density at radius 3 is 2.58 bits per heavy atom. The van der Waals surface area contributed by atoms with Crippen molar-refractivity contribution in [2.45, 2.75) is 32.4 Å². The minimum Gasteiger partial charge on any atom is -0.383 e. The van der Waals surface area contributed by atoms with Gasteiger partial charge in [0.25, 0.3) is 5.91 Å². The molecule has 1 aromatic heterocycles. The Labute approximate surface area is 139 Å². The summed E-state index contributed by atoms with van der Waals surface area (Å²) >= 11 is 0. The summed E-state index contributed by atoms with van der Waals surface area (Å²) in [4.78, 5) is 14.1. The average molecular weight is 334 g/mol. The maximum atomic E-state index is 13.2. The van der Waals surface area contributed by atoms with Crippen LogP contribution in [-0.2, 0) is 5.60 Å². The minimum absolute atomic E-state index is 0.0449. The number of nitrogens with zero attached hydrogens (tertiary/aromatic N) is 2. The molecule has 1 atom stereocenters. The second-order valence-corrected chi connectivity index (χ2v) is 6.33. The predicted octanol–water partition coefficient (Wildman–Crippen LogP) is 3.23. The van der Waals surface area contributed by atoms with Crippen LogP contribution in [0.3, 0.4) is 0 Å². The van der Waals surface area contributed by atoms with Gasteiger partial charge >= 0.3 is 6.55 Å². The normalized spacial score (nSPS) is 20.8. The van der Waals surface area contributed by atoms with Crippen LogP contribution in [0, 0.1) is 13.8 Å². The first-order chi connectivity index (χ1) is 11.3. The SMILES string of the molecule is Cc1ccccc1[C@@]1(O)CCN(C(=O)c2ccc(C)n2C(F)F)C1. The summed E-state index contributed by atoms with van der Waals surface area (Å²) in [6, 6.07) is 10.4. The average Bonchev–Trinajstić information content (AvgIpc) is 3.11. The van der Waals surface area contributed by atoms with E-state index in [2.05, 4.69) is 0 Å². The predicted molar refractivity (Wildman–Crippen MR) is 86.0 cm³/mol. The maximum absolute atomic E-state index is 13.2. The number of aryl methyl sites for hydroxylation is 2. The Morgan fingerprint density at radius 2 is 1.92 bits per heavy atom. The van der Waals surface area contributed by atoms with E-state index in [1.54, 1.807) is 0 Å². The Kier molecular flexibility index (Phi) is 4.17. The first kappa shape index (κ1) is 16.6. The summed E-state index contributed by atoms with van der Waals surface area (Å²) in [6.07, 6.45) is 0.387. The van der Waals surface area contributed by atoms with Gasteiger partial charge in [0, 0.05) is 12.2 Å². The van der Waals surface area contributed by atoms with Crippen LogP contribution in [0.5, 0.6) is 0 Å². The molecule has 0 unspecified atom stereocenters. The number of aliphatic hydroxyl groups is 1. The van der Waals surface area contributed by atoms with Crippen LogP contribution in [0.1, 0.15) is 40.3 Å². The molecule has 24 heavy (non-hydrogen) atoms. The van der Waals surface area contributed by atoms with Crippen LogP contribution >= 0.6 is 0 Å². The number of aromatic nitrogens is 1. The summed E-state index contributed by atoms with van der Waals surface area (Å²) in [6.45, 7) is 1.11. The first-order valence-corrected chi connectivity index (χ1v) is 7.87. The highest BCUT2D eigenvalue weighted by atomic mass is 19.3. The number of hydrogen-bond donors (Lipinski definition) is 1. The van der Waals surface area contributed by atoms with Gasteiger partial charge in [0.15, 0.2) is 0 Å². The second kappa shape index (κ2) is 6.02. The van der Waals surface area contributed by atoms with Crippen LogP contribution in [0.2, 0.25) is 0 Å². The highest BCUT2D eigenvalue weighted by molar-refractivity contribution is 5.93. The number of rotatable bonds is 3. The molecule has 6 heteroatoms. The Hall–Kier alpha value is -2.21. The standard InChI is InChI=1S/C18H20F2N2O2/c1-12-5-3-4-6-14(12)18(24)9-10-21(11-18)16(23)15-8-7-13(2)22(15)17(19)20/h3-8,17,24H,9-11H2,1-2H3/t18-/m1/s1. The van der Waals surface area contributed by atoms with E-state index < -0.39 is 18.1 Å². The van der Waals surface area contributed by atoms with E-state index in [9.17, 15) is 18.7 Å². The van der Waals surface area contributed by atoms with Crippen molar-refractivity contribution in [2.75, 3.05) is 13.1 Å². The van der Waals surface area contributed by atoms with E-state index in [1.165, 1.54) is 24.0 Å². The third-order valence-electron chi connectivity index (χ3n) is 4.72. The molecule has 0 aliphatic carbocycles. The minimum atomic E-state index is -2.77. The fraction of sp³-hybridized carbons (Fsp3) is 0.389. The van der Waals surface area contributed by atoms with Gasteiger partial charge in [-0.15, -0.1) is 0 Å². The molecule has 2 aromatic rings. The lowest BCUT2D eigenvalue weighted by atomic mass is 9.89. The molecule has 0 saturated carbocycles. The quantitative estimate of drug-likeness (QED) is 0.937. The van der Waals surface area contributed by atoms with E-state index >= 15 is 0 Å². The fourth-order valence-electron chi connectivity index (χ4n) is 3.43. The van der Waals surface area contributed by atoms with E-state index in [0.717, 1.165) is 15.7 Å². The van der Waals surface area contributed by atoms with Crippen LogP contribution in [0.4, 0.5) is 8.78 Å². The molecule has 1 amide bonds. The molecule has 1 N–H and O–H groups in total. The van der Waals surface area contributed by atoms with Crippen molar-refractivity contribution in [1.82, 2.24) is 9.47 Å². The van der Waals surface area contributed by atoms with E-state index in [-0.39, 0.29) is 12.2 Å². The van der Waals surface area contributed by atoms with Crippen molar-refractivity contribution >= 4 is 5.91 Å². The van der Waals surface area contributed by atoms with Crippen LogP contribution in [0.25, 0.3) is 0 Å². The zero-order valence-electron chi connectivity index (χ0n) is 13.7. The second-order valence-electron chi connectivity index (χ2n) is 6.33. The monoisotopic (exact) mass is 334 g/mol. The van der Waals surface area contributed by atoms with Gasteiger partial charge < -0.3 is 10.0 Å². The van der Waals surface area contributed by atoms with E-state index in [0.29, 0.717) is 18.7 Å². The molecule has 2 heterocycles. The summed E-state index contributed by atoms with van der Waals surface area (Å²) < 4.78 is 27.1. The Morgan fingerprint density at radius 1 is 1.21 bits per heavy atom. The molecule has 1 aromatic carbocycles. The lowest BCUT2D eigenvalue weighted by Crippen LogP contribution is -2.35.